The summed E-state index contributed by atoms with van der Waals surface area (Å²) in [5.74, 6) is 1.17. The van der Waals surface area contributed by atoms with Crippen molar-refractivity contribution in [2.24, 2.45) is 5.92 Å². The van der Waals surface area contributed by atoms with Crippen molar-refractivity contribution in [3.05, 3.63) is 88.0 Å². The summed E-state index contributed by atoms with van der Waals surface area (Å²) in [6.07, 6.45) is -2.66. The lowest BCUT2D eigenvalue weighted by molar-refractivity contribution is -0.384. The third kappa shape index (κ3) is 8.34. The van der Waals surface area contributed by atoms with Crippen LogP contribution >= 0.6 is 0 Å². The molecule has 3 aromatic carbocycles. The molecule has 0 bridgehead atoms. The second-order valence-electron chi connectivity index (χ2n) is 10.4. The van der Waals surface area contributed by atoms with Gasteiger partial charge in [0.25, 0.3) is 5.69 Å². The first-order valence-corrected chi connectivity index (χ1v) is 14.9. The fourth-order valence-corrected chi connectivity index (χ4v) is 6.14. The Balaban J connectivity index is 1.44. The second-order valence-corrected chi connectivity index (χ2v) is 12.4. The number of hydrogen-bond acceptors (Lipinski definition) is 9. The van der Waals surface area contributed by atoms with Crippen LogP contribution in [0.25, 0.3) is 0 Å². The van der Waals surface area contributed by atoms with Gasteiger partial charge in [0.15, 0.2) is 11.5 Å². The SMILES string of the molecule is CC(C)CN(C[C@@H](O)[C@H](Cc1ccc(OCc2ccc([N+](=O)[O-])cc2)cc1)NC(=O)O)S(=O)(=O)c1ccc2c(c1)OCO2. The molecule has 0 saturated carbocycles. The minimum absolute atomic E-state index is 0.0112. The summed E-state index contributed by atoms with van der Waals surface area (Å²) in [5.41, 5.74) is 1.40. The molecule has 0 saturated heterocycles. The quantitative estimate of drug-likeness (QED) is 0.179. The van der Waals surface area contributed by atoms with Gasteiger partial charge in [-0.2, -0.15) is 4.31 Å². The van der Waals surface area contributed by atoms with Crippen LogP contribution in [0, 0.1) is 16.0 Å². The summed E-state index contributed by atoms with van der Waals surface area (Å²) in [6.45, 7) is 3.59. The summed E-state index contributed by atoms with van der Waals surface area (Å²) in [5, 5.41) is 33.7. The molecule has 4 rings (SSSR count). The van der Waals surface area contributed by atoms with Gasteiger partial charge in [-0.05, 0) is 59.9 Å². The topological polar surface area (TPSA) is 178 Å². The Labute approximate surface area is 248 Å². The monoisotopic (exact) mass is 615 g/mol. The summed E-state index contributed by atoms with van der Waals surface area (Å²) in [4.78, 5) is 21.9. The van der Waals surface area contributed by atoms with Crippen LogP contribution in [0.15, 0.2) is 71.6 Å². The van der Waals surface area contributed by atoms with Crippen molar-refractivity contribution >= 4 is 21.8 Å². The number of carbonyl (C=O) groups is 1. The van der Waals surface area contributed by atoms with Crippen molar-refractivity contribution in [1.82, 2.24) is 9.62 Å². The molecule has 0 aliphatic carbocycles. The molecule has 1 amide bonds. The third-order valence-corrected chi connectivity index (χ3v) is 8.47. The summed E-state index contributed by atoms with van der Waals surface area (Å²) in [7, 11) is -4.08. The van der Waals surface area contributed by atoms with E-state index < -0.39 is 33.2 Å². The van der Waals surface area contributed by atoms with Crippen LogP contribution in [0.1, 0.15) is 25.0 Å². The van der Waals surface area contributed by atoms with E-state index in [2.05, 4.69) is 5.32 Å². The first kappa shape index (κ1) is 31.5. The van der Waals surface area contributed by atoms with E-state index in [1.807, 2.05) is 13.8 Å². The highest BCUT2D eigenvalue weighted by Gasteiger charge is 2.32. The van der Waals surface area contributed by atoms with Gasteiger partial charge in [0, 0.05) is 31.3 Å². The maximum absolute atomic E-state index is 13.6. The molecule has 13 nitrogen and oxygen atoms in total. The van der Waals surface area contributed by atoms with Gasteiger partial charge in [-0.15, -0.1) is 0 Å². The number of fused-ring (bicyclic) bond motifs is 1. The number of aliphatic hydroxyl groups is 1. The number of ether oxygens (including phenoxy) is 3. The maximum Gasteiger partial charge on any atom is 0.404 e. The van der Waals surface area contributed by atoms with Gasteiger partial charge in [0.05, 0.1) is 22.0 Å². The van der Waals surface area contributed by atoms with Crippen LogP contribution in [-0.2, 0) is 23.1 Å². The molecule has 0 aromatic heterocycles. The number of nitrogens with one attached hydrogen (secondary N) is 1. The van der Waals surface area contributed by atoms with Gasteiger partial charge in [0.1, 0.15) is 12.4 Å². The Kier molecular flexibility index (Phi) is 10.1. The predicted molar refractivity (Wildman–Crippen MR) is 155 cm³/mol. The van der Waals surface area contributed by atoms with Crippen LogP contribution in [0.4, 0.5) is 10.5 Å². The van der Waals surface area contributed by atoms with E-state index in [1.54, 1.807) is 36.4 Å². The van der Waals surface area contributed by atoms with Gasteiger partial charge >= 0.3 is 6.09 Å². The fraction of sp³-hybridized carbons (Fsp3) is 0.345. The maximum atomic E-state index is 13.6. The number of rotatable bonds is 14. The smallest absolute Gasteiger partial charge is 0.404 e. The Bertz CT molecular complexity index is 1530. The normalized spacial score (nSPS) is 14.0. The van der Waals surface area contributed by atoms with Crippen molar-refractivity contribution in [2.75, 3.05) is 19.9 Å². The number of hydrogen-bond donors (Lipinski definition) is 3. The van der Waals surface area contributed by atoms with E-state index in [1.165, 1.54) is 30.3 Å². The molecule has 0 spiro atoms. The molecule has 14 heteroatoms. The zero-order chi connectivity index (χ0) is 31.1. The average Bonchev–Trinajstić information content (AvgIpc) is 3.44. The molecule has 1 aliphatic heterocycles. The molecule has 2 atom stereocenters. The van der Waals surface area contributed by atoms with Crippen molar-refractivity contribution in [1.29, 1.82) is 0 Å². The van der Waals surface area contributed by atoms with Crippen LogP contribution < -0.4 is 19.5 Å². The van der Waals surface area contributed by atoms with Crippen LogP contribution in [0.5, 0.6) is 17.2 Å². The number of nitro benzene ring substituents is 1. The van der Waals surface area contributed by atoms with E-state index in [4.69, 9.17) is 14.2 Å². The van der Waals surface area contributed by atoms with Gasteiger partial charge < -0.3 is 29.7 Å². The first-order valence-electron chi connectivity index (χ1n) is 13.4. The Morgan fingerprint density at radius 1 is 1.02 bits per heavy atom. The third-order valence-electron chi connectivity index (χ3n) is 6.65. The number of carboxylic acid groups (broad SMARTS) is 1. The summed E-state index contributed by atoms with van der Waals surface area (Å²) in [6, 6.07) is 16.0. The number of nitro groups is 1. The van der Waals surface area contributed by atoms with E-state index in [0.29, 0.717) is 22.8 Å². The zero-order valence-corrected chi connectivity index (χ0v) is 24.4. The minimum Gasteiger partial charge on any atom is -0.489 e. The van der Waals surface area contributed by atoms with Gasteiger partial charge in [-0.1, -0.05) is 26.0 Å². The highest BCUT2D eigenvalue weighted by atomic mass is 32.2. The predicted octanol–water partition coefficient (Wildman–Crippen LogP) is 3.79. The molecule has 0 radical (unpaired) electrons. The van der Waals surface area contributed by atoms with E-state index >= 15 is 0 Å². The minimum atomic E-state index is -4.08. The number of nitrogens with zero attached hydrogens (tertiary/aromatic N) is 2. The molecule has 230 valence electrons. The molecular formula is C29H33N3O10S. The largest absolute Gasteiger partial charge is 0.489 e. The molecule has 3 aromatic rings. The highest BCUT2D eigenvalue weighted by Crippen LogP contribution is 2.35. The van der Waals surface area contributed by atoms with Gasteiger partial charge in [0.2, 0.25) is 16.8 Å². The molecule has 3 N–H and O–H groups in total. The Hall–Kier alpha value is -4.40. The number of benzene rings is 3. The Morgan fingerprint density at radius 3 is 2.30 bits per heavy atom. The van der Waals surface area contributed by atoms with Crippen LogP contribution in [-0.4, -0.2) is 66.0 Å². The van der Waals surface area contributed by atoms with Crippen LogP contribution in [0.3, 0.4) is 0 Å². The second kappa shape index (κ2) is 13.7. The number of non-ortho nitro benzene ring substituents is 1. The summed E-state index contributed by atoms with van der Waals surface area (Å²) < 4.78 is 44.7. The molecule has 43 heavy (non-hydrogen) atoms. The lowest BCUT2D eigenvalue weighted by Crippen LogP contribution is -2.50. The number of amides is 1. The van der Waals surface area contributed by atoms with Crippen LogP contribution in [0.2, 0.25) is 0 Å². The molecule has 1 aliphatic rings. The van der Waals surface area contributed by atoms with Crippen molar-refractivity contribution in [3.63, 3.8) is 0 Å². The zero-order valence-electron chi connectivity index (χ0n) is 23.6. The lowest BCUT2D eigenvalue weighted by Gasteiger charge is -2.30. The first-order chi connectivity index (χ1) is 20.4. The molecular weight excluding hydrogens is 582 g/mol. The molecule has 1 heterocycles. The van der Waals surface area contributed by atoms with Crippen molar-refractivity contribution < 1.29 is 42.6 Å². The van der Waals surface area contributed by atoms with Crippen molar-refractivity contribution in [2.45, 2.75) is 43.9 Å². The molecule has 0 fully saturated rings. The molecule has 0 unspecified atom stereocenters. The lowest BCUT2D eigenvalue weighted by atomic mass is 10.0. The van der Waals surface area contributed by atoms with E-state index in [0.717, 1.165) is 9.87 Å². The number of aliphatic hydroxyl groups excluding tert-OH is 1. The van der Waals surface area contributed by atoms with E-state index in [9.17, 15) is 33.5 Å². The van der Waals surface area contributed by atoms with E-state index in [-0.39, 0.29) is 49.4 Å². The van der Waals surface area contributed by atoms with Gasteiger partial charge in [-0.25, -0.2) is 13.2 Å². The fourth-order valence-electron chi connectivity index (χ4n) is 4.50. The standard InChI is InChI=1S/C29H33N3O10S/c1-19(2)15-31(43(38,39)24-11-12-27-28(14-24)42-18-41-27)16-26(33)25(30-29(34)35)13-20-5-9-23(10-6-20)40-17-21-3-7-22(8-4-21)32(36)37/h3-12,14,19,25-26,30,33H,13,15-18H2,1-2H3,(H,34,35)/t25-,26+/m0/s1. The number of sulfonamides is 1. The highest BCUT2D eigenvalue weighted by molar-refractivity contribution is 7.89. The summed E-state index contributed by atoms with van der Waals surface area (Å²) >= 11 is 0. The average molecular weight is 616 g/mol. The van der Waals surface area contributed by atoms with Crippen molar-refractivity contribution in [3.8, 4) is 17.2 Å². The van der Waals surface area contributed by atoms with Gasteiger partial charge in [-0.3, -0.25) is 10.1 Å². The Morgan fingerprint density at radius 2 is 1.67 bits per heavy atom.